The molecule has 0 bridgehead atoms. The van der Waals surface area contributed by atoms with Gasteiger partial charge in [0.1, 0.15) is 15.8 Å². The van der Waals surface area contributed by atoms with Crippen LogP contribution in [0.25, 0.3) is 23.0 Å². The second-order valence-corrected chi connectivity index (χ2v) is 9.30. The summed E-state index contributed by atoms with van der Waals surface area (Å²) < 4.78 is 8.21. The van der Waals surface area contributed by atoms with E-state index in [9.17, 15) is 4.79 Å². The van der Waals surface area contributed by atoms with Gasteiger partial charge in [0.05, 0.1) is 17.2 Å². The molecule has 0 atom stereocenters. The number of carbonyl (C=O) groups is 1. The van der Waals surface area contributed by atoms with E-state index in [0.29, 0.717) is 22.4 Å². The lowest BCUT2D eigenvalue weighted by Gasteiger charge is -2.10. The molecule has 33 heavy (non-hydrogen) atoms. The summed E-state index contributed by atoms with van der Waals surface area (Å²) in [5, 5.41) is 4.87. The average molecular weight is 476 g/mol. The van der Waals surface area contributed by atoms with Gasteiger partial charge in [-0.15, -0.1) is 6.58 Å². The molecule has 0 saturated carbocycles. The third kappa shape index (κ3) is 4.94. The van der Waals surface area contributed by atoms with E-state index in [0.717, 1.165) is 40.2 Å². The number of thioether (sulfide) groups is 1. The van der Waals surface area contributed by atoms with Crippen molar-refractivity contribution < 1.29 is 9.53 Å². The zero-order chi connectivity index (χ0) is 23.4. The molecule has 168 valence electrons. The lowest BCUT2D eigenvalue weighted by Crippen LogP contribution is -2.27. The molecule has 1 saturated heterocycles. The van der Waals surface area contributed by atoms with Gasteiger partial charge in [-0.3, -0.25) is 9.69 Å². The largest absolute Gasteiger partial charge is 0.493 e. The normalized spacial score (nSPS) is 14.8. The Kier molecular flexibility index (Phi) is 7.11. The number of rotatable bonds is 8. The summed E-state index contributed by atoms with van der Waals surface area (Å²) in [5.74, 6) is 0.762. The van der Waals surface area contributed by atoms with Crippen molar-refractivity contribution in [2.75, 3.05) is 13.2 Å². The van der Waals surface area contributed by atoms with Gasteiger partial charge in [0.25, 0.3) is 5.91 Å². The number of aromatic nitrogens is 2. The van der Waals surface area contributed by atoms with E-state index >= 15 is 0 Å². The number of benzene rings is 2. The van der Waals surface area contributed by atoms with E-state index in [4.69, 9.17) is 22.1 Å². The van der Waals surface area contributed by atoms with Crippen molar-refractivity contribution in [3.8, 4) is 22.7 Å². The molecule has 7 heteroatoms. The van der Waals surface area contributed by atoms with Crippen LogP contribution in [-0.4, -0.2) is 38.1 Å². The van der Waals surface area contributed by atoms with E-state index < -0.39 is 0 Å². The third-order valence-electron chi connectivity index (χ3n) is 5.15. The number of hydrogen-bond acceptors (Lipinski definition) is 5. The van der Waals surface area contributed by atoms with Gasteiger partial charge < -0.3 is 4.74 Å². The Morgan fingerprint density at radius 3 is 2.70 bits per heavy atom. The minimum Gasteiger partial charge on any atom is -0.493 e. The maximum atomic E-state index is 12.9. The van der Waals surface area contributed by atoms with Crippen molar-refractivity contribution in [3.05, 3.63) is 83.4 Å². The Bertz CT molecular complexity index is 1230. The number of thiocarbonyl (C=S) groups is 1. The topological polar surface area (TPSA) is 47.4 Å². The van der Waals surface area contributed by atoms with Gasteiger partial charge in [-0.1, -0.05) is 55.2 Å². The summed E-state index contributed by atoms with van der Waals surface area (Å²) in [6, 6.07) is 16.0. The number of nitrogens with zero attached hydrogens (tertiary/aromatic N) is 3. The van der Waals surface area contributed by atoms with Gasteiger partial charge in [-0.25, -0.2) is 4.68 Å². The quantitative estimate of drug-likeness (QED) is 0.226. The number of aryl methyl sites for hydroxylation is 1. The zero-order valence-electron chi connectivity index (χ0n) is 18.7. The molecule has 2 aromatic carbocycles. The van der Waals surface area contributed by atoms with Crippen molar-refractivity contribution >= 4 is 40.3 Å². The van der Waals surface area contributed by atoms with Crippen molar-refractivity contribution in [1.82, 2.24) is 14.7 Å². The van der Waals surface area contributed by atoms with Gasteiger partial charge >= 0.3 is 0 Å². The highest BCUT2D eigenvalue weighted by atomic mass is 32.2. The summed E-state index contributed by atoms with van der Waals surface area (Å²) >= 11 is 6.70. The first kappa shape index (κ1) is 23.0. The molecule has 0 radical (unpaired) electrons. The third-order valence-corrected chi connectivity index (χ3v) is 6.52. The highest BCUT2D eigenvalue weighted by Crippen LogP contribution is 2.35. The first-order valence-electron chi connectivity index (χ1n) is 10.8. The van der Waals surface area contributed by atoms with E-state index in [-0.39, 0.29) is 5.91 Å². The van der Waals surface area contributed by atoms with Crippen molar-refractivity contribution in [2.45, 2.75) is 20.3 Å². The number of hydrogen-bond donors (Lipinski definition) is 0. The van der Waals surface area contributed by atoms with Crippen LogP contribution in [0.4, 0.5) is 0 Å². The summed E-state index contributed by atoms with van der Waals surface area (Å²) in [6.45, 7) is 8.92. The summed E-state index contributed by atoms with van der Waals surface area (Å²) in [7, 11) is 0. The van der Waals surface area contributed by atoms with Crippen LogP contribution in [0.1, 0.15) is 24.5 Å². The fraction of sp³-hybridized carbons (Fsp3) is 0.192. The summed E-state index contributed by atoms with van der Waals surface area (Å²) in [6.07, 6.45) is 6.46. The molecular weight excluding hydrogens is 450 g/mol. The van der Waals surface area contributed by atoms with Crippen LogP contribution in [0.2, 0.25) is 0 Å². The SMILES string of the molecule is C=CCN1C(=O)/C(=C\c2cn(-c3ccccc3)nc2-c2ccc(OCCC)c(C)c2)SC1=S. The lowest BCUT2D eigenvalue weighted by molar-refractivity contribution is -0.121. The fourth-order valence-corrected chi connectivity index (χ4v) is 4.79. The van der Waals surface area contributed by atoms with Gasteiger partial charge in [0.2, 0.25) is 0 Å². The molecule has 1 aliphatic rings. The van der Waals surface area contributed by atoms with Crippen molar-refractivity contribution in [1.29, 1.82) is 0 Å². The molecule has 0 spiro atoms. The smallest absolute Gasteiger partial charge is 0.266 e. The molecule has 3 aromatic rings. The predicted octanol–water partition coefficient (Wildman–Crippen LogP) is 6.02. The second kappa shape index (κ2) is 10.2. The molecule has 0 N–H and O–H groups in total. The number of ether oxygens (including phenoxy) is 1. The summed E-state index contributed by atoms with van der Waals surface area (Å²) in [4.78, 5) is 15.0. The van der Waals surface area contributed by atoms with E-state index in [1.807, 2.05) is 66.3 Å². The van der Waals surface area contributed by atoms with Crippen molar-refractivity contribution in [3.63, 3.8) is 0 Å². The second-order valence-electron chi connectivity index (χ2n) is 7.62. The Labute approximate surface area is 203 Å². The number of carbonyl (C=O) groups excluding carboxylic acids is 1. The minimum atomic E-state index is -0.109. The van der Waals surface area contributed by atoms with Crippen LogP contribution in [0.15, 0.2) is 72.3 Å². The molecule has 4 rings (SSSR count). The van der Waals surface area contributed by atoms with Crippen LogP contribution in [0.5, 0.6) is 5.75 Å². The van der Waals surface area contributed by atoms with Crippen LogP contribution in [-0.2, 0) is 4.79 Å². The lowest BCUT2D eigenvalue weighted by atomic mass is 10.0. The molecule has 1 aromatic heterocycles. The van der Waals surface area contributed by atoms with Gasteiger partial charge in [-0.05, 0) is 55.3 Å². The fourth-order valence-electron chi connectivity index (χ4n) is 3.53. The monoisotopic (exact) mass is 475 g/mol. The number of para-hydroxylation sites is 1. The van der Waals surface area contributed by atoms with Crippen molar-refractivity contribution in [2.24, 2.45) is 0 Å². The molecule has 2 heterocycles. The van der Waals surface area contributed by atoms with Gasteiger partial charge in [0, 0.05) is 23.9 Å². The highest BCUT2D eigenvalue weighted by molar-refractivity contribution is 8.26. The standard InChI is InChI=1S/C26H25N3O2S2/c1-4-13-28-25(30)23(33-26(28)32)16-20-17-29(21-9-7-6-8-10-21)27-24(20)19-11-12-22(18(3)15-19)31-14-5-2/h4,6-12,15-17H,1,5,13-14H2,2-3H3/b23-16+. The first-order chi connectivity index (χ1) is 16.0. The molecule has 0 aliphatic carbocycles. The van der Waals surface area contributed by atoms with E-state index in [2.05, 4.69) is 19.6 Å². The maximum Gasteiger partial charge on any atom is 0.266 e. The summed E-state index contributed by atoms with van der Waals surface area (Å²) in [5.41, 5.74) is 4.58. The molecule has 1 aliphatic heterocycles. The predicted molar refractivity (Wildman–Crippen MR) is 140 cm³/mol. The van der Waals surface area contributed by atoms with Crippen LogP contribution < -0.4 is 4.74 Å². The maximum absolute atomic E-state index is 12.9. The Hall–Kier alpha value is -3.16. The van der Waals surface area contributed by atoms with Crippen LogP contribution in [0, 0.1) is 6.92 Å². The number of amides is 1. The van der Waals surface area contributed by atoms with Crippen LogP contribution in [0.3, 0.4) is 0 Å². The van der Waals surface area contributed by atoms with Crippen LogP contribution >= 0.6 is 24.0 Å². The van der Waals surface area contributed by atoms with Gasteiger partial charge in [-0.2, -0.15) is 5.10 Å². The highest BCUT2D eigenvalue weighted by Gasteiger charge is 2.31. The van der Waals surface area contributed by atoms with Gasteiger partial charge in [0.15, 0.2) is 0 Å². The Morgan fingerprint density at radius 2 is 2.00 bits per heavy atom. The van der Waals surface area contributed by atoms with E-state index in [1.54, 1.807) is 11.0 Å². The molecule has 0 unspecified atom stereocenters. The molecule has 1 fully saturated rings. The van der Waals surface area contributed by atoms with E-state index in [1.165, 1.54) is 11.8 Å². The molecular formula is C26H25N3O2S2. The molecule has 1 amide bonds. The zero-order valence-corrected chi connectivity index (χ0v) is 20.3. The Balaban J connectivity index is 1.78. The average Bonchev–Trinajstić information content (AvgIpc) is 3.36. The molecule has 5 nitrogen and oxygen atoms in total. The minimum absolute atomic E-state index is 0.109. The Morgan fingerprint density at radius 1 is 1.21 bits per heavy atom. The first-order valence-corrected chi connectivity index (χ1v) is 12.0.